The third-order valence-electron chi connectivity index (χ3n) is 3.53. The number of ether oxygens (including phenoxy) is 1. The minimum atomic E-state index is 0.574. The minimum absolute atomic E-state index is 0.574. The summed E-state index contributed by atoms with van der Waals surface area (Å²) in [5, 5.41) is 0. The molecule has 0 fully saturated rings. The smallest absolute Gasteiger partial charge is 0.124 e. The van der Waals surface area contributed by atoms with Crippen LogP contribution in [0, 0.1) is 27.7 Å². The zero-order valence-corrected chi connectivity index (χ0v) is 12.1. The average molecular weight is 255 g/mol. The van der Waals surface area contributed by atoms with Crippen molar-refractivity contribution in [1.82, 2.24) is 0 Å². The van der Waals surface area contributed by atoms with E-state index in [-0.39, 0.29) is 0 Å². The second kappa shape index (κ2) is 5.35. The predicted octanol–water partition coefficient (Wildman–Crippen LogP) is 4.08. The maximum Gasteiger partial charge on any atom is 0.124 e. The van der Waals surface area contributed by atoms with Crippen LogP contribution in [0.15, 0.2) is 30.3 Å². The molecule has 2 aromatic rings. The molecule has 0 saturated carbocycles. The fourth-order valence-electron chi connectivity index (χ4n) is 2.06. The molecule has 0 spiro atoms. The van der Waals surface area contributed by atoms with Crippen molar-refractivity contribution in [3.63, 3.8) is 0 Å². The zero-order valence-electron chi connectivity index (χ0n) is 12.1. The second-order valence-corrected chi connectivity index (χ2v) is 5.18. The maximum absolute atomic E-state index is 5.92. The van der Waals surface area contributed by atoms with Gasteiger partial charge in [0.05, 0.1) is 0 Å². The van der Waals surface area contributed by atoms with E-state index in [1.165, 1.54) is 16.7 Å². The number of hydrogen-bond acceptors (Lipinski definition) is 2. The highest BCUT2D eigenvalue weighted by atomic mass is 16.5. The summed E-state index contributed by atoms with van der Waals surface area (Å²) < 4.78 is 5.87. The molecule has 2 heteroatoms. The lowest BCUT2D eigenvalue weighted by Crippen LogP contribution is -2.00. The average Bonchev–Trinajstić information content (AvgIpc) is 2.36. The lowest BCUT2D eigenvalue weighted by molar-refractivity contribution is 0.304. The van der Waals surface area contributed by atoms with Gasteiger partial charge < -0.3 is 10.5 Å². The fraction of sp³-hybridized carbons (Fsp3) is 0.294. The van der Waals surface area contributed by atoms with Crippen LogP contribution in [0.4, 0.5) is 5.69 Å². The van der Waals surface area contributed by atoms with Gasteiger partial charge in [0.25, 0.3) is 0 Å². The monoisotopic (exact) mass is 255 g/mol. The van der Waals surface area contributed by atoms with Gasteiger partial charge in [-0.2, -0.15) is 0 Å². The molecular formula is C17H21NO. The molecule has 0 aliphatic carbocycles. The van der Waals surface area contributed by atoms with Crippen molar-refractivity contribution in [3.05, 3.63) is 58.1 Å². The Morgan fingerprint density at radius 3 is 2.26 bits per heavy atom. The Bertz CT molecular complexity index is 602. The van der Waals surface area contributed by atoms with Gasteiger partial charge in [0.15, 0.2) is 0 Å². The number of benzene rings is 2. The van der Waals surface area contributed by atoms with Gasteiger partial charge in [-0.05, 0) is 55.5 Å². The highest BCUT2D eigenvalue weighted by molar-refractivity contribution is 5.54. The predicted molar refractivity (Wildman–Crippen MR) is 80.6 cm³/mol. The summed E-state index contributed by atoms with van der Waals surface area (Å²) in [5.74, 6) is 0.862. The topological polar surface area (TPSA) is 35.2 Å². The molecule has 0 unspecified atom stereocenters. The first kappa shape index (κ1) is 13.5. The van der Waals surface area contributed by atoms with Crippen LogP contribution in [-0.2, 0) is 6.61 Å². The van der Waals surface area contributed by atoms with Crippen LogP contribution in [0.25, 0.3) is 0 Å². The van der Waals surface area contributed by atoms with E-state index >= 15 is 0 Å². The van der Waals surface area contributed by atoms with Crippen LogP contribution in [-0.4, -0.2) is 0 Å². The molecule has 0 atom stereocenters. The highest BCUT2D eigenvalue weighted by Gasteiger charge is 2.04. The lowest BCUT2D eigenvalue weighted by Gasteiger charge is -2.12. The molecule has 19 heavy (non-hydrogen) atoms. The number of nitrogens with two attached hydrogens (primary N) is 1. The maximum atomic E-state index is 5.92. The third kappa shape index (κ3) is 3.08. The largest absolute Gasteiger partial charge is 0.489 e. The molecule has 2 nitrogen and oxygen atoms in total. The van der Waals surface area contributed by atoms with Gasteiger partial charge in [-0.3, -0.25) is 0 Å². The minimum Gasteiger partial charge on any atom is -0.489 e. The molecule has 0 bridgehead atoms. The molecule has 0 aromatic heterocycles. The Morgan fingerprint density at radius 1 is 0.842 bits per heavy atom. The molecule has 2 aromatic carbocycles. The van der Waals surface area contributed by atoms with Gasteiger partial charge >= 0.3 is 0 Å². The van der Waals surface area contributed by atoms with Gasteiger partial charge in [-0.1, -0.05) is 24.3 Å². The van der Waals surface area contributed by atoms with Crippen LogP contribution < -0.4 is 10.5 Å². The molecule has 0 aliphatic rings. The molecule has 2 N–H and O–H groups in total. The third-order valence-corrected chi connectivity index (χ3v) is 3.53. The molecule has 0 amide bonds. The van der Waals surface area contributed by atoms with E-state index in [1.807, 2.05) is 19.9 Å². The summed E-state index contributed by atoms with van der Waals surface area (Å²) in [6.45, 7) is 8.86. The van der Waals surface area contributed by atoms with Crippen LogP contribution in [0.2, 0.25) is 0 Å². The Balaban J connectivity index is 2.14. The Morgan fingerprint density at radius 2 is 1.58 bits per heavy atom. The Labute approximate surface area is 115 Å². The summed E-state index contributed by atoms with van der Waals surface area (Å²) in [6, 6.07) is 10.4. The van der Waals surface area contributed by atoms with Crippen molar-refractivity contribution in [2.75, 3.05) is 5.73 Å². The van der Waals surface area contributed by atoms with E-state index in [0.717, 1.165) is 22.6 Å². The van der Waals surface area contributed by atoms with Crippen molar-refractivity contribution in [2.24, 2.45) is 0 Å². The van der Waals surface area contributed by atoms with Gasteiger partial charge in [-0.25, -0.2) is 0 Å². The van der Waals surface area contributed by atoms with Crippen molar-refractivity contribution in [1.29, 1.82) is 0 Å². The highest BCUT2D eigenvalue weighted by Crippen LogP contribution is 2.25. The van der Waals surface area contributed by atoms with E-state index in [0.29, 0.717) is 6.61 Å². The van der Waals surface area contributed by atoms with E-state index in [1.54, 1.807) is 0 Å². The molecule has 0 aliphatic heterocycles. The quantitative estimate of drug-likeness (QED) is 0.839. The van der Waals surface area contributed by atoms with E-state index in [9.17, 15) is 0 Å². The number of hydrogen-bond donors (Lipinski definition) is 1. The first-order valence-corrected chi connectivity index (χ1v) is 6.53. The molecule has 100 valence electrons. The number of aryl methyl sites for hydroxylation is 4. The molecule has 0 saturated heterocycles. The Kier molecular flexibility index (Phi) is 3.79. The standard InChI is InChI=1S/C17H21NO/c1-11-5-6-15(8-12(11)2)10-19-17-9-16(18)13(3)7-14(17)4/h5-9H,10,18H2,1-4H3. The first-order valence-electron chi connectivity index (χ1n) is 6.53. The molecule has 2 rings (SSSR count). The summed E-state index contributed by atoms with van der Waals surface area (Å²) in [6.07, 6.45) is 0. The van der Waals surface area contributed by atoms with Gasteiger partial charge in [-0.15, -0.1) is 0 Å². The number of nitrogen functional groups attached to an aromatic ring is 1. The van der Waals surface area contributed by atoms with Crippen LogP contribution >= 0.6 is 0 Å². The van der Waals surface area contributed by atoms with E-state index < -0.39 is 0 Å². The summed E-state index contributed by atoms with van der Waals surface area (Å²) in [5.41, 5.74) is 12.7. The molecular weight excluding hydrogens is 234 g/mol. The lowest BCUT2D eigenvalue weighted by atomic mass is 10.1. The van der Waals surface area contributed by atoms with Crippen molar-refractivity contribution in [2.45, 2.75) is 34.3 Å². The first-order chi connectivity index (χ1) is 8.97. The summed E-state index contributed by atoms with van der Waals surface area (Å²) >= 11 is 0. The molecule has 0 heterocycles. The van der Waals surface area contributed by atoms with Crippen molar-refractivity contribution >= 4 is 5.69 Å². The van der Waals surface area contributed by atoms with E-state index in [4.69, 9.17) is 10.5 Å². The second-order valence-electron chi connectivity index (χ2n) is 5.18. The number of anilines is 1. The Hall–Kier alpha value is -1.96. The zero-order chi connectivity index (χ0) is 14.0. The van der Waals surface area contributed by atoms with Crippen molar-refractivity contribution in [3.8, 4) is 5.75 Å². The van der Waals surface area contributed by atoms with Gasteiger partial charge in [0.2, 0.25) is 0 Å². The van der Waals surface area contributed by atoms with Gasteiger partial charge in [0.1, 0.15) is 12.4 Å². The number of rotatable bonds is 3. The van der Waals surface area contributed by atoms with E-state index in [2.05, 4.69) is 38.1 Å². The van der Waals surface area contributed by atoms with Crippen molar-refractivity contribution < 1.29 is 4.74 Å². The van der Waals surface area contributed by atoms with Crippen LogP contribution in [0.1, 0.15) is 27.8 Å². The SMILES string of the molecule is Cc1ccc(COc2cc(N)c(C)cc2C)cc1C. The van der Waals surface area contributed by atoms with Gasteiger partial charge in [0, 0.05) is 11.8 Å². The fourth-order valence-corrected chi connectivity index (χ4v) is 2.06. The normalized spacial score (nSPS) is 10.5. The summed E-state index contributed by atoms with van der Waals surface area (Å²) in [4.78, 5) is 0. The molecule has 0 radical (unpaired) electrons. The van der Waals surface area contributed by atoms with Crippen LogP contribution in [0.3, 0.4) is 0 Å². The van der Waals surface area contributed by atoms with Crippen LogP contribution in [0.5, 0.6) is 5.75 Å². The summed E-state index contributed by atoms with van der Waals surface area (Å²) in [7, 11) is 0.